The molecular formula is C35H45N5O6. The van der Waals surface area contributed by atoms with Gasteiger partial charge in [-0.2, -0.15) is 0 Å². The molecule has 2 N–H and O–H groups in total. The van der Waals surface area contributed by atoms with E-state index in [4.69, 9.17) is 19.2 Å². The molecule has 11 heteroatoms. The van der Waals surface area contributed by atoms with Crippen molar-refractivity contribution in [3.8, 4) is 17.0 Å². The molecule has 0 radical (unpaired) electrons. The molecule has 0 unspecified atom stereocenters. The Morgan fingerprint density at radius 1 is 0.848 bits per heavy atom. The molecule has 0 spiro atoms. The third-order valence-corrected chi connectivity index (χ3v) is 7.75. The highest BCUT2D eigenvalue weighted by Crippen LogP contribution is 2.33. The molecule has 3 aromatic rings. The van der Waals surface area contributed by atoms with Crippen molar-refractivity contribution >= 4 is 23.8 Å². The van der Waals surface area contributed by atoms with Crippen molar-refractivity contribution in [3.63, 3.8) is 0 Å². The van der Waals surface area contributed by atoms with Crippen LogP contribution in [0.5, 0.6) is 5.75 Å². The Morgan fingerprint density at radius 2 is 1.46 bits per heavy atom. The van der Waals surface area contributed by atoms with Gasteiger partial charge in [-0.1, -0.05) is 12.1 Å². The van der Waals surface area contributed by atoms with E-state index in [0.29, 0.717) is 37.6 Å². The van der Waals surface area contributed by atoms with Gasteiger partial charge in [-0.15, -0.1) is 0 Å². The van der Waals surface area contributed by atoms with E-state index < -0.39 is 23.3 Å². The van der Waals surface area contributed by atoms with E-state index in [9.17, 15) is 14.4 Å². The average Bonchev–Trinajstić information content (AvgIpc) is 3.76. The van der Waals surface area contributed by atoms with Crippen molar-refractivity contribution in [2.75, 3.05) is 18.4 Å². The van der Waals surface area contributed by atoms with Crippen LogP contribution in [0.3, 0.4) is 0 Å². The molecule has 5 rings (SSSR count). The molecule has 0 aliphatic carbocycles. The molecule has 2 aliphatic heterocycles. The molecule has 11 nitrogen and oxygen atoms in total. The van der Waals surface area contributed by atoms with Gasteiger partial charge in [-0.05, 0) is 109 Å². The largest absolute Gasteiger partial charge is 0.489 e. The minimum absolute atomic E-state index is 0.138. The molecule has 0 saturated carbocycles. The highest BCUT2D eigenvalue weighted by molar-refractivity contribution is 5.96. The number of amides is 3. The maximum absolute atomic E-state index is 13.0. The number of aromatic amines is 1. The Hall–Kier alpha value is -4.54. The van der Waals surface area contributed by atoms with Gasteiger partial charge in [0.25, 0.3) is 0 Å². The fraction of sp³-hybridized carbons (Fsp3) is 0.486. The second kappa shape index (κ2) is 13.4. The molecule has 1 aromatic heterocycles. The van der Waals surface area contributed by atoms with E-state index in [1.54, 1.807) is 4.90 Å². The first kappa shape index (κ1) is 32.8. The summed E-state index contributed by atoms with van der Waals surface area (Å²) in [6.07, 6.45) is 4.17. The summed E-state index contributed by atoms with van der Waals surface area (Å²) < 4.78 is 17.1. The van der Waals surface area contributed by atoms with Gasteiger partial charge >= 0.3 is 12.2 Å². The monoisotopic (exact) mass is 631 g/mol. The number of imidazole rings is 1. The number of benzene rings is 2. The van der Waals surface area contributed by atoms with Gasteiger partial charge in [-0.25, -0.2) is 14.6 Å². The topological polar surface area (TPSA) is 126 Å². The first-order valence-corrected chi connectivity index (χ1v) is 15.9. The number of aromatic nitrogens is 2. The Bertz CT molecular complexity index is 1520. The number of carbonyl (C=O) groups excluding carboxylic acids is 3. The zero-order valence-corrected chi connectivity index (χ0v) is 27.6. The van der Waals surface area contributed by atoms with Gasteiger partial charge in [0.05, 0.1) is 11.7 Å². The van der Waals surface area contributed by atoms with Crippen LogP contribution in [-0.4, -0.2) is 68.2 Å². The van der Waals surface area contributed by atoms with Crippen molar-refractivity contribution in [2.45, 2.75) is 97.1 Å². The first-order valence-electron chi connectivity index (χ1n) is 15.9. The lowest BCUT2D eigenvalue weighted by Gasteiger charge is -2.28. The Labute approximate surface area is 270 Å². The molecule has 2 saturated heterocycles. The summed E-state index contributed by atoms with van der Waals surface area (Å²) in [5.41, 5.74) is 2.16. The Morgan fingerprint density at radius 3 is 2.11 bits per heavy atom. The van der Waals surface area contributed by atoms with Crippen LogP contribution in [0.4, 0.5) is 15.3 Å². The molecule has 2 aromatic carbocycles. The van der Waals surface area contributed by atoms with Gasteiger partial charge in [-0.3, -0.25) is 14.6 Å². The second-order valence-electron chi connectivity index (χ2n) is 13.8. The molecule has 2 atom stereocenters. The smallest absolute Gasteiger partial charge is 0.410 e. The predicted octanol–water partition coefficient (Wildman–Crippen LogP) is 7.07. The summed E-state index contributed by atoms with van der Waals surface area (Å²) in [4.78, 5) is 49.6. The summed E-state index contributed by atoms with van der Waals surface area (Å²) in [7, 11) is 0. The van der Waals surface area contributed by atoms with Crippen molar-refractivity contribution in [3.05, 3.63) is 66.1 Å². The lowest BCUT2D eigenvalue weighted by molar-refractivity contribution is -0.120. The summed E-state index contributed by atoms with van der Waals surface area (Å²) in [5, 5.41) is 2.93. The second-order valence-corrected chi connectivity index (χ2v) is 13.8. The minimum atomic E-state index is -0.617. The van der Waals surface area contributed by atoms with E-state index in [0.717, 1.165) is 41.9 Å². The Kier molecular flexibility index (Phi) is 9.60. The van der Waals surface area contributed by atoms with E-state index >= 15 is 0 Å². The molecule has 0 bridgehead atoms. The van der Waals surface area contributed by atoms with Crippen LogP contribution in [0.1, 0.15) is 84.7 Å². The first-order chi connectivity index (χ1) is 21.8. The van der Waals surface area contributed by atoms with Gasteiger partial charge in [0.2, 0.25) is 5.91 Å². The maximum Gasteiger partial charge on any atom is 0.410 e. The van der Waals surface area contributed by atoms with Gasteiger partial charge < -0.3 is 24.5 Å². The maximum atomic E-state index is 13.0. The third-order valence-electron chi connectivity index (χ3n) is 7.75. The van der Waals surface area contributed by atoms with E-state index in [1.807, 2.05) is 96.3 Å². The quantitative estimate of drug-likeness (QED) is 0.286. The number of rotatable bonds is 7. The number of anilines is 1. The van der Waals surface area contributed by atoms with E-state index in [-0.39, 0.29) is 18.0 Å². The summed E-state index contributed by atoms with van der Waals surface area (Å²) in [6, 6.07) is 14.5. The molecule has 46 heavy (non-hydrogen) atoms. The van der Waals surface area contributed by atoms with Crippen LogP contribution in [0, 0.1) is 0 Å². The van der Waals surface area contributed by atoms with Gasteiger partial charge in [0.15, 0.2) is 0 Å². The highest BCUT2D eigenvalue weighted by Gasteiger charge is 2.37. The van der Waals surface area contributed by atoms with Crippen molar-refractivity contribution < 1.29 is 28.6 Å². The SMILES string of the molecule is CC(C)(C)OC(=O)N1CCC[C@H]1C(=O)Nc1ccc(COc2ccc(-c3c[nH]c([C@@H]4CCCN4C(=O)OC(C)(C)C)n3)cc2)cc1. The van der Waals surface area contributed by atoms with Crippen molar-refractivity contribution in [1.29, 1.82) is 0 Å². The molecule has 2 fully saturated rings. The number of H-pyrrole nitrogens is 1. The fourth-order valence-electron chi connectivity index (χ4n) is 5.62. The summed E-state index contributed by atoms with van der Waals surface area (Å²) in [6.45, 7) is 12.6. The highest BCUT2D eigenvalue weighted by atomic mass is 16.6. The van der Waals surface area contributed by atoms with Crippen LogP contribution >= 0.6 is 0 Å². The van der Waals surface area contributed by atoms with E-state index in [2.05, 4.69) is 10.3 Å². The van der Waals surface area contributed by atoms with Gasteiger partial charge in [0, 0.05) is 30.5 Å². The fourth-order valence-corrected chi connectivity index (χ4v) is 5.62. The zero-order chi connectivity index (χ0) is 33.1. The van der Waals surface area contributed by atoms with Crippen LogP contribution in [0.25, 0.3) is 11.3 Å². The standard InChI is InChI=1S/C35H45N5O6/c1-34(2,3)45-32(42)39-19-7-9-28(39)30-36-21-27(38-30)24-13-17-26(18-14-24)44-22-23-11-15-25(16-12-23)37-31(41)29-10-8-20-40(29)33(43)46-35(4,5)6/h11-18,21,28-29H,7-10,19-20,22H2,1-6H3,(H,36,38)(H,37,41)/t28-,29-/m0/s1. The number of nitrogens with one attached hydrogen (secondary N) is 2. The van der Waals surface area contributed by atoms with E-state index in [1.165, 1.54) is 4.90 Å². The predicted molar refractivity (Wildman–Crippen MR) is 174 cm³/mol. The van der Waals surface area contributed by atoms with Crippen molar-refractivity contribution in [1.82, 2.24) is 19.8 Å². The molecule has 3 amide bonds. The molecule has 3 heterocycles. The summed E-state index contributed by atoms with van der Waals surface area (Å²) >= 11 is 0. The number of ether oxygens (including phenoxy) is 3. The summed E-state index contributed by atoms with van der Waals surface area (Å²) in [5.74, 6) is 1.24. The number of hydrogen-bond acceptors (Lipinski definition) is 7. The molecular weight excluding hydrogens is 586 g/mol. The minimum Gasteiger partial charge on any atom is -0.489 e. The number of nitrogens with zero attached hydrogens (tertiary/aromatic N) is 3. The lowest BCUT2D eigenvalue weighted by atomic mass is 10.1. The van der Waals surface area contributed by atoms with Crippen LogP contribution < -0.4 is 10.1 Å². The van der Waals surface area contributed by atoms with Crippen LogP contribution in [0.2, 0.25) is 0 Å². The Balaban J connectivity index is 1.12. The van der Waals surface area contributed by atoms with Gasteiger partial charge in [0.1, 0.15) is 35.4 Å². The number of carbonyl (C=O) groups is 3. The van der Waals surface area contributed by atoms with Crippen LogP contribution in [0.15, 0.2) is 54.7 Å². The van der Waals surface area contributed by atoms with Crippen LogP contribution in [-0.2, 0) is 20.9 Å². The third kappa shape index (κ3) is 8.38. The van der Waals surface area contributed by atoms with Crippen molar-refractivity contribution in [2.24, 2.45) is 0 Å². The number of hydrogen-bond donors (Lipinski definition) is 2. The average molecular weight is 632 g/mol. The number of likely N-dealkylation sites (tertiary alicyclic amines) is 2. The zero-order valence-electron chi connectivity index (χ0n) is 27.6. The molecule has 246 valence electrons. The molecule has 2 aliphatic rings. The normalized spacial score (nSPS) is 18.4. The lowest BCUT2D eigenvalue weighted by Crippen LogP contribution is -2.45.